The normalized spacial score (nSPS) is 14.5. The van der Waals surface area contributed by atoms with Crippen LogP contribution in [0.1, 0.15) is 53.0 Å². The highest BCUT2D eigenvalue weighted by Crippen LogP contribution is 2.40. The molecule has 6 heteroatoms. The molecule has 2 amide bonds. The number of nitrogens with one attached hydrogen (secondary N) is 1. The largest absolute Gasteiger partial charge is 0.497 e. The van der Waals surface area contributed by atoms with E-state index in [1.807, 2.05) is 65.8 Å². The molecule has 0 saturated heterocycles. The van der Waals surface area contributed by atoms with E-state index in [1.165, 1.54) is 0 Å². The van der Waals surface area contributed by atoms with E-state index in [0.717, 1.165) is 22.7 Å². The zero-order chi connectivity index (χ0) is 22.4. The van der Waals surface area contributed by atoms with E-state index in [0.29, 0.717) is 37.3 Å². The highest BCUT2D eigenvalue weighted by molar-refractivity contribution is 6.03. The summed E-state index contributed by atoms with van der Waals surface area (Å²) in [5, 5.41) is 3.31. The van der Waals surface area contributed by atoms with Crippen molar-refractivity contribution in [1.29, 1.82) is 0 Å². The lowest BCUT2D eigenvalue weighted by molar-refractivity contribution is -0.127. The van der Waals surface area contributed by atoms with E-state index < -0.39 is 5.92 Å². The Bertz CT molecular complexity index is 786. The minimum Gasteiger partial charge on any atom is -0.497 e. The lowest BCUT2D eigenvalue weighted by atomic mass is 9.79. The number of carbonyl (C=O) groups excluding carboxylic acids is 2. The van der Waals surface area contributed by atoms with Crippen LogP contribution in [-0.2, 0) is 9.59 Å². The van der Waals surface area contributed by atoms with Crippen LogP contribution < -0.4 is 10.1 Å². The van der Waals surface area contributed by atoms with Crippen molar-refractivity contribution >= 4 is 11.8 Å². The maximum Gasteiger partial charge on any atom is 0.252 e. The molecule has 1 N–H and O–H groups in total. The highest BCUT2D eigenvalue weighted by atomic mass is 16.5. The molecule has 0 bridgehead atoms. The Morgan fingerprint density at radius 1 is 0.833 bits per heavy atom. The second-order valence-corrected chi connectivity index (χ2v) is 7.36. The third kappa shape index (κ3) is 4.53. The van der Waals surface area contributed by atoms with Crippen LogP contribution in [0.2, 0.25) is 0 Å². The molecule has 1 heterocycles. The molecular weight excluding hydrogens is 378 g/mol. The smallest absolute Gasteiger partial charge is 0.252 e. The summed E-state index contributed by atoms with van der Waals surface area (Å²) in [5.41, 5.74) is 3.75. The standard InChI is InChI=1S/C24H35N3O3/c1-8-26(9-2)23(28)20-16(5)25-17(6)21(24(29)27(10-3)11-4)22(20)18-12-14-19(30-7)15-13-18/h12-15,22,25H,8-11H2,1-7H3. The van der Waals surface area contributed by atoms with E-state index in [-0.39, 0.29) is 11.8 Å². The summed E-state index contributed by atoms with van der Waals surface area (Å²) in [6.45, 7) is 14.2. The van der Waals surface area contributed by atoms with Crippen LogP contribution in [0.15, 0.2) is 46.8 Å². The first kappa shape index (κ1) is 23.5. The van der Waals surface area contributed by atoms with Crippen LogP contribution in [0.4, 0.5) is 0 Å². The number of rotatable bonds is 8. The Labute approximate surface area is 180 Å². The van der Waals surface area contributed by atoms with E-state index >= 15 is 0 Å². The summed E-state index contributed by atoms with van der Waals surface area (Å²) in [5.74, 6) is 0.229. The van der Waals surface area contributed by atoms with Gasteiger partial charge in [0.15, 0.2) is 0 Å². The maximum absolute atomic E-state index is 13.5. The van der Waals surface area contributed by atoms with Crippen molar-refractivity contribution in [1.82, 2.24) is 15.1 Å². The van der Waals surface area contributed by atoms with Crippen molar-refractivity contribution in [2.45, 2.75) is 47.5 Å². The van der Waals surface area contributed by atoms with Crippen LogP contribution in [0, 0.1) is 0 Å². The number of ether oxygens (including phenoxy) is 1. The third-order valence-corrected chi connectivity index (χ3v) is 5.77. The minimum atomic E-state index is -0.432. The van der Waals surface area contributed by atoms with Crippen LogP contribution >= 0.6 is 0 Å². The molecule has 0 spiro atoms. The van der Waals surface area contributed by atoms with Gasteiger partial charge < -0.3 is 19.9 Å². The predicted octanol–water partition coefficient (Wildman–Crippen LogP) is 3.67. The molecule has 0 saturated carbocycles. The molecule has 30 heavy (non-hydrogen) atoms. The molecule has 1 aromatic carbocycles. The van der Waals surface area contributed by atoms with Crippen LogP contribution in [0.3, 0.4) is 0 Å². The maximum atomic E-state index is 13.5. The number of hydrogen-bond donors (Lipinski definition) is 1. The first-order valence-electron chi connectivity index (χ1n) is 10.7. The Hall–Kier alpha value is -2.76. The van der Waals surface area contributed by atoms with E-state index in [1.54, 1.807) is 16.9 Å². The second kappa shape index (κ2) is 10.3. The van der Waals surface area contributed by atoms with Gasteiger partial charge in [-0.3, -0.25) is 9.59 Å². The summed E-state index contributed by atoms with van der Waals surface area (Å²) in [6.07, 6.45) is 0. The average Bonchev–Trinajstić information content (AvgIpc) is 2.74. The summed E-state index contributed by atoms with van der Waals surface area (Å²) in [4.78, 5) is 30.6. The van der Waals surface area contributed by atoms with Gasteiger partial charge in [0, 0.05) is 54.6 Å². The van der Waals surface area contributed by atoms with Gasteiger partial charge in [-0.05, 0) is 59.2 Å². The number of nitrogens with zero attached hydrogens (tertiary/aromatic N) is 2. The summed E-state index contributed by atoms with van der Waals surface area (Å²) in [6, 6.07) is 7.64. The molecule has 1 aromatic rings. The van der Waals surface area contributed by atoms with E-state index in [4.69, 9.17) is 4.74 Å². The monoisotopic (exact) mass is 413 g/mol. The van der Waals surface area contributed by atoms with Crippen molar-refractivity contribution in [3.8, 4) is 5.75 Å². The molecule has 164 valence electrons. The first-order chi connectivity index (χ1) is 14.3. The van der Waals surface area contributed by atoms with Crippen molar-refractivity contribution in [2.24, 2.45) is 0 Å². The van der Waals surface area contributed by atoms with Gasteiger partial charge in [-0.2, -0.15) is 0 Å². The fourth-order valence-electron chi connectivity index (χ4n) is 4.05. The number of likely N-dealkylation sites (N-methyl/N-ethyl adjacent to an activating group) is 2. The summed E-state index contributed by atoms with van der Waals surface area (Å²) >= 11 is 0. The van der Waals surface area contributed by atoms with Crippen molar-refractivity contribution in [2.75, 3.05) is 33.3 Å². The molecule has 6 nitrogen and oxygen atoms in total. The number of carbonyl (C=O) groups is 2. The van der Waals surface area contributed by atoms with Gasteiger partial charge in [-0.25, -0.2) is 0 Å². The van der Waals surface area contributed by atoms with Crippen molar-refractivity contribution in [3.05, 3.63) is 52.4 Å². The van der Waals surface area contributed by atoms with Gasteiger partial charge in [-0.15, -0.1) is 0 Å². The van der Waals surface area contributed by atoms with Crippen LogP contribution in [0.25, 0.3) is 0 Å². The Morgan fingerprint density at radius 2 is 1.23 bits per heavy atom. The van der Waals surface area contributed by atoms with E-state index in [9.17, 15) is 9.59 Å². The fourth-order valence-corrected chi connectivity index (χ4v) is 4.05. The summed E-state index contributed by atoms with van der Waals surface area (Å²) in [7, 11) is 1.62. The molecule has 1 aliphatic rings. The van der Waals surface area contributed by atoms with Gasteiger partial charge >= 0.3 is 0 Å². The molecular formula is C24H35N3O3. The quantitative estimate of drug-likeness (QED) is 0.706. The predicted molar refractivity (Wildman–Crippen MR) is 120 cm³/mol. The number of amides is 2. The molecule has 0 aromatic heterocycles. The number of methoxy groups -OCH3 is 1. The van der Waals surface area contributed by atoms with Gasteiger partial charge in [0.25, 0.3) is 11.8 Å². The molecule has 0 fully saturated rings. The Morgan fingerprint density at radius 3 is 1.57 bits per heavy atom. The van der Waals surface area contributed by atoms with Gasteiger partial charge in [0.2, 0.25) is 0 Å². The van der Waals surface area contributed by atoms with Crippen LogP contribution in [0.5, 0.6) is 5.75 Å². The van der Waals surface area contributed by atoms with Gasteiger partial charge in [0.1, 0.15) is 5.75 Å². The van der Waals surface area contributed by atoms with Crippen molar-refractivity contribution in [3.63, 3.8) is 0 Å². The zero-order valence-corrected chi connectivity index (χ0v) is 19.3. The average molecular weight is 414 g/mol. The molecule has 2 rings (SSSR count). The number of dihydropyridines is 1. The number of allylic oxidation sites excluding steroid dienone is 2. The first-order valence-corrected chi connectivity index (χ1v) is 10.7. The SMILES string of the molecule is CCN(CC)C(=O)C1=C(C)NC(C)=C(C(=O)N(CC)CC)C1c1ccc(OC)cc1. The fraction of sp³-hybridized carbons (Fsp3) is 0.500. The lowest BCUT2D eigenvalue weighted by Crippen LogP contribution is -2.42. The van der Waals surface area contributed by atoms with Crippen molar-refractivity contribution < 1.29 is 14.3 Å². The highest BCUT2D eigenvalue weighted by Gasteiger charge is 2.38. The zero-order valence-electron chi connectivity index (χ0n) is 19.3. The molecule has 0 aliphatic carbocycles. The second-order valence-electron chi connectivity index (χ2n) is 7.36. The molecule has 1 aliphatic heterocycles. The molecule has 0 unspecified atom stereocenters. The van der Waals surface area contributed by atoms with E-state index in [2.05, 4.69) is 5.32 Å². The van der Waals surface area contributed by atoms with Crippen LogP contribution in [-0.4, -0.2) is 54.9 Å². The van der Waals surface area contributed by atoms with Gasteiger partial charge in [0.05, 0.1) is 7.11 Å². The third-order valence-electron chi connectivity index (χ3n) is 5.77. The number of hydrogen-bond acceptors (Lipinski definition) is 4. The molecule has 0 atom stereocenters. The van der Waals surface area contributed by atoms with Gasteiger partial charge in [-0.1, -0.05) is 12.1 Å². The topological polar surface area (TPSA) is 61.9 Å². The summed E-state index contributed by atoms with van der Waals surface area (Å²) < 4.78 is 5.31. The Kier molecular flexibility index (Phi) is 8.09. The molecule has 0 radical (unpaired) electrons. The number of benzene rings is 1. The Balaban J connectivity index is 2.69. The minimum absolute atomic E-state index is 0.0387. The lowest BCUT2D eigenvalue weighted by Gasteiger charge is -2.35.